The quantitative estimate of drug-likeness (QED) is 0.194. The number of carbonyl (C=O) groups is 1. The molecule has 28 heavy (non-hydrogen) atoms. The van der Waals surface area contributed by atoms with Crippen molar-refractivity contribution in [3.8, 4) is 11.8 Å². The van der Waals surface area contributed by atoms with E-state index in [0.717, 1.165) is 11.6 Å². The van der Waals surface area contributed by atoms with Crippen LogP contribution in [0.5, 0.6) is 0 Å². The van der Waals surface area contributed by atoms with Crippen molar-refractivity contribution in [2.75, 3.05) is 6.61 Å². The molecule has 0 amide bonds. The van der Waals surface area contributed by atoms with E-state index in [1.54, 1.807) is 0 Å². The van der Waals surface area contributed by atoms with Crippen LogP contribution in [0.4, 0.5) is 0 Å². The van der Waals surface area contributed by atoms with Crippen LogP contribution in [0.25, 0.3) is 0 Å². The zero-order valence-corrected chi connectivity index (χ0v) is 18.6. The van der Waals surface area contributed by atoms with Gasteiger partial charge in [-0.1, -0.05) is 38.1 Å². The molecule has 0 aromatic heterocycles. The predicted octanol–water partition coefficient (Wildman–Crippen LogP) is 2.22. The summed E-state index contributed by atoms with van der Waals surface area (Å²) in [6.07, 6.45) is 0. The molecule has 0 unspecified atom stereocenters. The van der Waals surface area contributed by atoms with Gasteiger partial charge in [-0.05, 0) is 11.6 Å². The first kappa shape index (κ1) is 56.3. The molecule has 2 radical (unpaired) electrons. The van der Waals surface area contributed by atoms with Crippen molar-refractivity contribution in [3.63, 3.8) is 0 Å². The van der Waals surface area contributed by atoms with Gasteiger partial charge < -0.3 is 4.74 Å². The van der Waals surface area contributed by atoms with Gasteiger partial charge in [-0.2, -0.15) is 0 Å². The Bertz CT molecular complexity index is 468. The normalized spacial score (nSPS) is 5.43. The van der Waals surface area contributed by atoms with Crippen LogP contribution in [0.15, 0.2) is 12.2 Å². The fraction of sp³-hybridized carbons (Fsp3) is 0.353. The van der Waals surface area contributed by atoms with Crippen molar-refractivity contribution in [2.45, 2.75) is 32.6 Å². The molecule has 0 saturated heterocycles. The van der Waals surface area contributed by atoms with Gasteiger partial charge in [0.15, 0.2) is 6.61 Å². The van der Waals surface area contributed by atoms with Crippen LogP contribution in [0.3, 0.4) is 0 Å². The summed E-state index contributed by atoms with van der Waals surface area (Å²) in [6.45, 7) is 39.2. The number of hydrogen-bond donors (Lipinski definition) is 0. The minimum atomic E-state index is -1.11. The maximum Gasteiger partial charge on any atom is 0 e. The predicted molar refractivity (Wildman–Crippen MR) is 85.3 cm³/mol. The van der Waals surface area contributed by atoms with Crippen molar-refractivity contribution in [2.24, 2.45) is 0 Å². The second-order valence-electron chi connectivity index (χ2n) is 4.42. The van der Waals surface area contributed by atoms with E-state index >= 15 is 0 Å². The molecule has 0 N–H and O–H groups in total. The first-order valence-corrected chi connectivity index (χ1v) is 9.54. The molecule has 0 aromatic carbocycles. The molecule has 0 saturated carbocycles. The first-order valence-electron chi connectivity index (χ1n) is 5.84. The van der Waals surface area contributed by atoms with E-state index in [0.29, 0.717) is 0 Å². The fourth-order valence-electron chi connectivity index (χ4n) is 0.983. The monoisotopic (exact) mass is 496 g/mol. The average Bonchev–Trinajstić information content (AvgIpc) is 2.67. The molecule has 0 atom stereocenters. The Morgan fingerprint density at radius 2 is 1.14 bits per heavy atom. The summed E-state index contributed by atoms with van der Waals surface area (Å²) in [4.78, 5) is 10.4. The molecule has 0 rings (SSSR count). The standard InChI is InChI=1S/C11H18O2Si.6CO.2Co/c1-10(9-14(3,4)5)7-6-8-13-11(2)12;6*1-2;;/h1,8-9H2,2-5H3;;;;;;;;. The molecular formula is C17H18Co2O8Si. The molecule has 0 heterocycles. The van der Waals surface area contributed by atoms with Gasteiger partial charge in [-0.15, -0.1) is 0 Å². The summed E-state index contributed by atoms with van der Waals surface area (Å²) in [7, 11) is -1.11. The summed E-state index contributed by atoms with van der Waals surface area (Å²) < 4.78 is 49.7. The molecule has 0 bridgehead atoms. The minimum Gasteiger partial charge on any atom is 0 e. The third-order valence-electron chi connectivity index (χ3n) is 1.36. The third-order valence-corrected chi connectivity index (χ3v) is 2.84. The van der Waals surface area contributed by atoms with Crippen molar-refractivity contribution in [1.29, 1.82) is 0 Å². The van der Waals surface area contributed by atoms with E-state index in [-0.39, 0.29) is 46.1 Å². The zero-order chi connectivity index (χ0) is 23.2. The summed E-state index contributed by atoms with van der Waals surface area (Å²) in [5.74, 6) is 5.38. The summed E-state index contributed by atoms with van der Waals surface area (Å²) >= 11 is 0. The molecule has 0 aromatic rings. The van der Waals surface area contributed by atoms with E-state index in [1.807, 2.05) is 0 Å². The topological polar surface area (TPSA) is 146 Å². The summed E-state index contributed by atoms with van der Waals surface area (Å²) in [6, 6.07) is 1.00. The molecule has 8 nitrogen and oxygen atoms in total. The van der Waals surface area contributed by atoms with Crippen molar-refractivity contribution in [1.82, 2.24) is 0 Å². The van der Waals surface area contributed by atoms with Crippen LogP contribution in [0, 0.1) is 51.7 Å². The third kappa shape index (κ3) is 123. The number of esters is 1. The van der Waals surface area contributed by atoms with Crippen LogP contribution in [0.2, 0.25) is 25.7 Å². The van der Waals surface area contributed by atoms with Crippen LogP contribution in [0.1, 0.15) is 6.92 Å². The van der Waals surface area contributed by atoms with E-state index in [2.05, 4.69) is 82.7 Å². The van der Waals surface area contributed by atoms with Crippen LogP contribution < -0.4 is 0 Å². The molecule has 0 aliphatic heterocycles. The fourth-order valence-corrected chi connectivity index (χ4v) is 2.35. The largest absolute Gasteiger partial charge is 0 e. The molecule has 11 heteroatoms. The molecule has 0 aliphatic carbocycles. The first-order chi connectivity index (χ1) is 12.3. The van der Waals surface area contributed by atoms with Gasteiger partial charge in [0.05, 0.1) is 0 Å². The SMILES string of the molecule is C=C(C#CCOC(C)=O)C[Si](C)(C)C.[C-]#[O+].[C-]#[O+].[C-]#[O+].[C-]#[O+].[C-]#[O+].[C-]#[O+].[Co].[Co]. The van der Waals surface area contributed by atoms with E-state index in [9.17, 15) is 4.79 Å². The second-order valence-corrected chi connectivity index (χ2v) is 9.90. The Kier molecular flexibility index (Phi) is 128. The number of allylic oxidation sites excluding steroid dienone is 1. The number of rotatable bonds is 3. The second kappa shape index (κ2) is 63.7. The minimum absolute atomic E-state index is 0. The van der Waals surface area contributed by atoms with Gasteiger partial charge in [0.1, 0.15) is 0 Å². The zero-order valence-electron chi connectivity index (χ0n) is 15.6. The van der Waals surface area contributed by atoms with Crippen LogP contribution in [-0.2, 0) is 71.0 Å². The van der Waals surface area contributed by atoms with Crippen molar-refractivity contribution in [3.05, 3.63) is 52.1 Å². The van der Waals surface area contributed by atoms with Crippen LogP contribution >= 0.6 is 0 Å². The van der Waals surface area contributed by atoms with Crippen molar-refractivity contribution >= 4 is 14.0 Å². The van der Waals surface area contributed by atoms with Gasteiger partial charge in [0.25, 0.3) is 0 Å². The number of hydrogen-bond acceptors (Lipinski definition) is 2. The van der Waals surface area contributed by atoms with E-state index in [4.69, 9.17) is 27.9 Å². The van der Waals surface area contributed by atoms with Gasteiger partial charge in [-0.3, -0.25) is 4.79 Å². The Hall–Kier alpha value is -1.56. The Balaban J connectivity index is -0.0000000315. The van der Waals surface area contributed by atoms with E-state index < -0.39 is 8.07 Å². The van der Waals surface area contributed by atoms with Crippen molar-refractivity contribution < 1.29 is 71.0 Å². The number of ether oxygens (including phenoxy) is 1. The van der Waals surface area contributed by atoms with Gasteiger partial charge in [-0.25, -0.2) is 0 Å². The van der Waals surface area contributed by atoms with Gasteiger partial charge >= 0.3 is 73.8 Å². The molecule has 156 valence electrons. The smallest absolute Gasteiger partial charge is 0 e. The summed E-state index contributed by atoms with van der Waals surface area (Å²) in [5.41, 5.74) is 0.941. The average molecular weight is 496 g/mol. The number of carbonyl (C=O) groups excluding carboxylic acids is 1. The van der Waals surface area contributed by atoms with Crippen LogP contribution in [-0.4, -0.2) is 20.7 Å². The Morgan fingerprint density at radius 1 is 0.857 bits per heavy atom. The maximum absolute atomic E-state index is 10.4. The molecule has 0 aliphatic rings. The maximum atomic E-state index is 10.4. The van der Waals surface area contributed by atoms with Gasteiger partial charge in [0.2, 0.25) is 0 Å². The molecule has 0 fully saturated rings. The molecule has 0 spiro atoms. The molecular weight excluding hydrogens is 478 g/mol. The Morgan fingerprint density at radius 3 is 1.36 bits per heavy atom. The Labute approximate surface area is 188 Å². The summed E-state index contributed by atoms with van der Waals surface area (Å²) in [5, 5.41) is 0. The van der Waals surface area contributed by atoms with E-state index in [1.165, 1.54) is 6.92 Å². The van der Waals surface area contributed by atoms with Gasteiger partial charge in [0, 0.05) is 48.6 Å².